The van der Waals surface area contributed by atoms with Crippen molar-refractivity contribution in [3.05, 3.63) is 34.6 Å². The normalized spacial score (nSPS) is 11.2. The van der Waals surface area contributed by atoms with Crippen LogP contribution in [0.15, 0.2) is 34.0 Å². The molecule has 2 rings (SSSR count). The summed E-state index contributed by atoms with van der Waals surface area (Å²) in [5, 5.41) is 11.2. The molecule has 1 N–H and O–H groups in total. The minimum absolute atomic E-state index is 0.526. The van der Waals surface area contributed by atoms with Crippen LogP contribution >= 0.6 is 15.9 Å². The second-order valence-corrected chi connectivity index (χ2v) is 3.59. The van der Waals surface area contributed by atoms with Crippen molar-refractivity contribution in [3.8, 4) is 0 Å². The molecule has 0 radical (unpaired) electrons. The fourth-order valence-corrected chi connectivity index (χ4v) is 1.47. The number of hydrogen-bond donors (Lipinski definition) is 1. The molecule has 1 heterocycles. The first-order valence-electron chi connectivity index (χ1n) is 3.89. The number of halogens is 1. The van der Waals surface area contributed by atoms with Gasteiger partial charge in [0.15, 0.2) is 0 Å². The molecule has 0 atom stereocenters. The minimum atomic E-state index is 0.526. The van der Waals surface area contributed by atoms with Crippen LogP contribution in [0.1, 0.15) is 5.69 Å². The topological polar surface area (TPSA) is 58.4 Å². The fraction of sp³-hybridized carbons (Fsp3) is 0. The third-order valence-corrected chi connectivity index (χ3v) is 2.21. The van der Waals surface area contributed by atoms with Gasteiger partial charge in [-0.15, -0.1) is 0 Å². The van der Waals surface area contributed by atoms with Gasteiger partial charge in [0.2, 0.25) is 0 Å². The first-order valence-corrected chi connectivity index (χ1v) is 4.68. The maximum absolute atomic E-state index is 8.34. The maximum atomic E-state index is 8.34. The van der Waals surface area contributed by atoms with E-state index in [-0.39, 0.29) is 0 Å². The van der Waals surface area contributed by atoms with E-state index in [9.17, 15) is 0 Å². The third kappa shape index (κ3) is 1.72. The summed E-state index contributed by atoms with van der Waals surface area (Å²) in [5.41, 5.74) is 2.10. The van der Waals surface area contributed by atoms with Gasteiger partial charge in [-0.2, -0.15) is 0 Å². The van der Waals surface area contributed by atoms with Gasteiger partial charge in [-0.3, -0.25) is 4.98 Å². The van der Waals surface area contributed by atoms with Crippen molar-refractivity contribution in [2.45, 2.75) is 0 Å². The van der Waals surface area contributed by atoms with Crippen molar-refractivity contribution in [1.29, 1.82) is 0 Å². The van der Waals surface area contributed by atoms with Crippen LogP contribution in [0, 0.1) is 0 Å². The smallest absolute Gasteiger partial charge is 0.104 e. The molecule has 0 bridgehead atoms. The maximum Gasteiger partial charge on any atom is 0.104 e. The van der Waals surface area contributed by atoms with Gasteiger partial charge < -0.3 is 5.21 Å². The Kier molecular flexibility index (Phi) is 2.41. The predicted molar refractivity (Wildman–Crippen MR) is 56.6 cm³/mol. The molecule has 2 aromatic rings. The highest BCUT2D eigenvalue weighted by Crippen LogP contribution is 2.15. The predicted octanol–water partition coefficient (Wildman–Crippen LogP) is 2.20. The Labute approximate surface area is 88.4 Å². The largest absolute Gasteiger partial charge is 0.411 e. The van der Waals surface area contributed by atoms with Gasteiger partial charge in [-0.05, 0) is 18.2 Å². The fourth-order valence-electron chi connectivity index (χ4n) is 1.12. The van der Waals surface area contributed by atoms with Gasteiger partial charge in [0.05, 0.1) is 23.4 Å². The molecule has 0 unspecified atom stereocenters. The summed E-state index contributed by atoms with van der Waals surface area (Å²) in [6.45, 7) is 0. The van der Waals surface area contributed by atoms with Crippen molar-refractivity contribution < 1.29 is 5.21 Å². The minimum Gasteiger partial charge on any atom is -0.411 e. The molecule has 0 saturated heterocycles. The van der Waals surface area contributed by atoms with Gasteiger partial charge in [0, 0.05) is 4.47 Å². The quantitative estimate of drug-likeness (QED) is 0.480. The zero-order valence-electron chi connectivity index (χ0n) is 7.05. The van der Waals surface area contributed by atoms with Gasteiger partial charge in [-0.25, -0.2) is 4.98 Å². The summed E-state index contributed by atoms with van der Waals surface area (Å²) in [5.74, 6) is 0. The van der Waals surface area contributed by atoms with Gasteiger partial charge >= 0.3 is 0 Å². The highest BCUT2D eigenvalue weighted by molar-refractivity contribution is 9.10. The zero-order chi connectivity index (χ0) is 9.97. The van der Waals surface area contributed by atoms with E-state index in [2.05, 4.69) is 31.1 Å². The van der Waals surface area contributed by atoms with Crippen LogP contribution in [-0.4, -0.2) is 21.4 Å². The molecule has 0 fully saturated rings. The molecule has 0 spiro atoms. The highest BCUT2D eigenvalue weighted by atomic mass is 79.9. The Bertz CT molecular complexity index is 498. The number of aromatic nitrogens is 2. The molecule has 0 aliphatic heterocycles. The number of hydrogen-bond acceptors (Lipinski definition) is 4. The zero-order valence-corrected chi connectivity index (χ0v) is 8.64. The lowest BCUT2D eigenvalue weighted by Crippen LogP contribution is -1.91. The standard InChI is InChI=1S/C9H6BrN3O/c10-6-1-2-8-9(3-6)13-7(4-11-8)5-12-14/h1-5,14H/b12-5+. The van der Waals surface area contributed by atoms with E-state index in [0.29, 0.717) is 5.69 Å². The van der Waals surface area contributed by atoms with Crippen molar-refractivity contribution in [2.24, 2.45) is 5.16 Å². The lowest BCUT2D eigenvalue weighted by Gasteiger charge is -1.97. The highest BCUT2D eigenvalue weighted by Gasteiger charge is 1.98. The molecule has 0 aliphatic rings. The molecular weight excluding hydrogens is 246 g/mol. The van der Waals surface area contributed by atoms with E-state index in [1.807, 2.05) is 18.2 Å². The summed E-state index contributed by atoms with van der Waals surface area (Å²) in [6.07, 6.45) is 2.79. The molecule has 70 valence electrons. The molecule has 0 saturated carbocycles. The molecular formula is C9H6BrN3O. The van der Waals surface area contributed by atoms with Crippen molar-refractivity contribution in [3.63, 3.8) is 0 Å². The number of rotatable bonds is 1. The van der Waals surface area contributed by atoms with Crippen molar-refractivity contribution in [2.75, 3.05) is 0 Å². The van der Waals surface area contributed by atoms with E-state index < -0.39 is 0 Å². The Morgan fingerprint density at radius 2 is 2.21 bits per heavy atom. The van der Waals surface area contributed by atoms with E-state index in [0.717, 1.165) is 15.5 Å². The van der Waals surface area contributed by atoms with E-state index >= 15 is 0 Å². The van der Waals surface area contributed by atoms with Gasteiger partial charge in [-0.1, -0.05) is 21.1 Å². The number of fused-ring (bicyclic) bond motifs is 1. The second-order valence-electron chi connectivity index (χ2n) is 2.67. The molecule has 0 aliphatic carbocycles. The molecule has 0 amide bonds. The van der Waals surface area contributed by atoms with Crippen LogP contribution in [0.3, 0.4) is 0 Å². The van der Waals surface area contributed by atoms with E-state index in [4.69, 9.17) is 5.21 Å². The SMILES string of the molecule is O/N=C/c1cnc2ccc(Br)cc2n1. The van der Waals surface area contributed by atoms with E-state index in [1.165, 1.54) is 6.21 Å². The van der Waals surface area contributed by atoms with E-state index in [1.54, 1.807) is 6.20 Å². The molecule has 5 heteroatoms. The summed E-state index contributed by atoms with van der Waals surface area (Å²) >= 11 is 3.35. The monoisotopic (exact) mass is 251 g/mol. The molecule has 1 aromatic heterocycles. The molecule has 4 nitrogen and oxygen atoms in total. The van der Waals surface area contributed by atoms with Crippen LogP contribution in [0.25, 0.3) is 11.0 Å². The van der Waals surface area contributed by atoms with Crippen LogP contribution in [0.4, 0.5) is 0 Å². The Hall–Kier alpha value is -1.49. The lowest BCUT2D eigenvalue weighted by molar-refractivity contribution is 0.321. The average molecular weight is 252 g/mol. The van der Waals surface area contributed by atoms with Gasteiger partial charge in [0.25, 0.3) is 0 Å². The van der Waals surface area contributed by atoms with Crippen molar-refractivity contribution >= 4 is 33.2 Å². The Morgan fingerprint density at radius 3 is 3.00 bits per heavy atom. The summed E-state index contributed by atoms with van der Waals surface area (Å²) in [7, 11) is 0. The number of benzene rings is 1. The first-order chi connectivity index (χ1) is 6.79. The number of nitrogens with zero attached hydrogens (tertiary/aromatic N) is 3. The Morgan fingerprint density at radius 1 is 1.36 bits per heavy atom. The summed E-state index contributed by atoms with van der Waals surface area (Å²) in [6, 6.07) is 5.63. The molecule has 14 heavy (non-hydrogen) atoms. The van der Waals surface area contributed by atoms with Crippen LogP contribution in [0.2, 0.25) is 0 Å². The van der Waals surface area contributed by atoms with Crippen LogP contribution in [-0.2, 0) is 0 Å². The van der Waals surface area contributed by atoms with Crippen molar-refractivity contribution in [1.82, 2.24) is 9.97 Å². The van der Waals surface area contributed by atoms with Crippen LogP contribution < -0.4 is 0 Å². The summed E-state index contributed by atoms with van der Waals surface area (Å²) < 4.78 is 0.942. The lowest BCUT2D eigenvalue weighted by atomic mass is 10.3. The second kappa shape index (κ2) is 3.71. The van der Waals surface area contributed by atoms with Gasteiger partial charge in [0.1, 0.15) is 5.69 Å². The average Bonchev–Trinajstić information content (AvgIpc) is 2.17. The number of oxime groups is 1. The van der Waals surface area contributed by atoms with Crippen LogP contribution in [0.5, 0.6) is 0 Å². The summed E-state index contributed by atoms with van der Waals surface area (Å²) in [4.78, 5) is 8.38. The third-order valence-electron chi connectivity index (χ3n) is 1.71. The Balaban J connectivity index is 2.63. The first kappa shape index (κ1) is 9.08. The molecule has 1 aromatic carbocycles.